The van der Waals surface area contributed by atoms with Crippen molar-refractivity contribution in [3.05, 3.63) is 77.9 Å². The van der Waals surface area contributed by atoms with Crippen LogP contribution in [-0.4, -0.2) is 12.1 Å². The van der Waals surface area contributed by atoms with Gasteiger partial charge in [0.05, 0.1) is 0 Å². The predicted molar refractivity (Wildman–Crippen MR) is 165 cm³/mol. The summed E-state index contributed by atoms with van der Waals surface area (Å²) in [5, 5.41) is 0. The van der Waals surface area contributed by atoms with Crippen molar-refractivity contribution >= 4 is 11.5 Å². The lowest BCUT2D eigenvalue weighted by Gasteiger charge is -2.61. The Morgan fingerprint density at radius 1 is 0.850 bits per heavy atom. The minimum absolute atomic E-state index is 0.101. The van der Waals surface area contributed by atoms with Crippen LogP contribution < -0.4 is 0 Å². The first-order valence-corrected chi connectivity index (χ1v) is 16.3. The second-order valence-electron chi connectivity index (χ2n) is 14.5. The van der Waals surface area contributed by atoms with Gasteiger partial charge >= 0.3 is 5.97 Å². The molecule has 0 amide bonds. The molecule has 4 saturated carbocycles. The Kier molecular flexibility index (Phi) is 7.75. The second kappa shape index (κ2) is 11.1. The number of fused-ring (bicyclic) bond motifs is 5. The molecule has 2 heteroatoms. The van der Waals surface area contributed by atoms with Crippen LogP contribution in [0.3, 0.4) is 0 Å². The molecule has 4 fully saturated rings. The molecule has 40 heavy (non-hydrogen) atoms. The van der Waals surface area contributed by atoms with Crippen LogP contribution in [0.25, 0.3) is 5.57 Å². The quantitative estimate of drug-likeness (QED) is 0.342. The predicted octanol–water partition coefficient (Wildman–Crippen LogP) is 9.74. The van der Waals surface area contributed by atoms with Crippen molar-refractivity contribution in [1.82, 2.24) is 0 Å². The normalized spacial score (nSPS) is 37.4. The highest BCUT2D eigenvalue weighted by atomic mass is 16.5. The van der Waals surface area contributed by atoms with Gasteiger partial charge in [-0.25, -0.2) is 0 Å². The summed E-state index contributed by atoms with van der Waals surface area (Å²) in [6.45, 7) is 9.43. The molecule has 0 N–H and O–H groups in total. The summed E-state index contributed by atoms with van der Waals surface area (Å²) in [6.07, 6.45) is 15.6. The van der Waals surface area contributed by atoms with Crippen LogP contribution in [0.1, 0.15) is 103 Å². The zero-order valence-electron chi connectivity index (χ0n) is 25.3. The molecule has 4 aliphatic rings. The van der Waals surface area contributed by atoms with Gasteiger partial charge in [0.15, 0.2) is 0 Å². The van der Waals surface area contributed by atoms with Crippen LogP contribution in [0.2, 0.25) is 0 Å². The van der Waals surface area contributed by atoms with Gasteiger partial charge in [-0.3, -0.25) is 4.79 Å². The molecule has 9 atom stereocenters. The summed E-state index contributed by atoms with van der Waals surface area (Å²) in [6, 6.07) is 21.9. The molecule has 0 aromatic heterocycles. The third-order valence-electron chi connectivity index (χ3n) is 12.6. The van der Waals surface area contributed by atoms with E-state index in [1.165, 1.54) is 61.6 Å². The number of carbonyl (C=O) groups is 1. The second-order valence-corrected chi connectivity index (χ2v) is 14.5. The van der Waals surface area contributed by atoms with Gasteiger partial charge in [-0.15, -0.1) is 0 Å². The SMILES string of the molecule is CC(=O)O[C@@H]1CC[C@@]2(C)[C@H](CC[C@@H]3[C@@H]2CC[C@]2(C)[C@@H]([C@@H](C)CC=C(c4ccccc4)c4ccccc4)CC[C@@H]32)C1. The van der Waals surface area contributed by atoms with E-state index in [2.05, 4.69) is 87.5 Å². The number of ether oxygens (including phenoxy) is 1. The average Bonchev–Trinajstić information content (AvgIpc) is 3.31. The summed E-state index contributed by atoms with van der Waals surface area (Å²) < 4.78 is 5.70. The van der Waals surface area contributed by atoms with Crippen LogP contribution in [0.15, 0.2) is 66.7 Å². The van der Waals surface area contributed by atoms with Crippen LogP contribution in [0.5, 0.6) is 0 Å². The Morgan fingerprint density at radius 3 is 2.12 bits per heavy atom. The van der Waals surface area contributed by atoms with Crippen molar-refractivity contribution in [2.75, 3.05) is 0 Å². The molecule has 6 rings (SSSR count). The van der Waals surface area contributed by atoms with Crippen molar-refractivity contribution < 1.29 is 9.53 Å². The lowest BCUT2D eigenvalue weighted by Crippen LogP contribution is -2.54. The lowest BCUT2D eigenvalue weighted by atomic mass is 9.44. The van der Waals surface area contributed by atoms with Gasteiger partial charge in [0.25, 0.3) is 0 Å². The Hall–Kier alpha value is -2.35. The largest absolute Gasteiger partial charge is 0.463 e. The fraction of sp³-hybridized carbons (Fsp3) is 0.605. The van der Waals surface area contributed by atoms with E-state index in [0.717, 1.165) is 48.9 Å². The Balaban J connectivity index is 1.18. The van der Waals surface area contributed by atoms with Crippen molar-refractivity contribution in [2.24, 2.45) is 46.3 Å². The number of esters is 1. The summed E-state index contributed by atoms with van der Waals surface area (Å²) in [5.74, 6) is 4.77. The van der Waals surface area contributed by atoms with Gasteiger partial charge in [-0.2, -0.15) is 0 Å². The van der Waals surface area contributed by atoms with E-state index in [9.17, 15) is 4.79 Å². The molecule has 2 aromatic carbocycles. The van der Waals surface area contributed by atoms with E-state index in [1.807, 2.05) is 0 Å². The van der Waals surface area contributed by atoms with Crippen molar-refractivity contribution in [2.45, 2.75) is 98.0 Å². The molecule has 2 nitrogen and oxygen atoms in total. The molecule has 0 spiro atoms. The van der Waals surface area contributed by atoms with Crippen molar-refractivity contribution in [3.8, 4) is 0 Å². The smallest absolute Gasteiger partial charge is 0.302 e. The summed E-state index contributed by atoms with van der Waals surface area (Å²) in [5.41, 5.74) is 4.95. The fourth-order valence-corrected chi connectivity index (χ4v) is 10.6. The third kappa shape index (κ3) is 4.99. The van der Waals surface area contributed by atoms with Gasteiger partial charge in [0.1, 0.15) is 6.10 Å². The average molecular weight is 539 g/mol. The summed E-state index contributed by atoms with van der Waals surface area (Å²) in [4.78, 5) is 11.6. The van der Waals surface area contributed by atoms with E-state index in [0.29, 0.717) is 16.7 Å². The van der Waals surface area contributed by atoms with E-state index in [1.54, 1.807) is 6.92 Å². The highest BCUT2D eigenvalue weighted by Gasteiger charge is 2.60. The Bertz CT molecular complexity index is 1160. The number of allylic oxidation sites excluding steroid dienone is 1. The highest BCUT2D eigenvalue weighted by Crippen LogP contribution is 2.68. The first-order valence-electron chi connectivity index (χ1n) is 16.3. The maximum absolute atomic E-state index is 11.6. The maximum Gasteiger partial charge on any atom is 0.302 e. The van der Waals surface area contributed by atoms with E-state index in [4.69, 9.17) is 4.74 Å². The van der Waals surface area contributed by atoms with E-state index in [-0.39, 0.29) is 12.1 Å². The van der Waals surface area contributed by atoms with Crippen LogP contribution in [-0.2, 0) is 9.53 Å². The fourth-order valence-electron chi connectivity index (χ4n) is 10.6. The molecule has 0 unspecified atom stereocenters. The maximum atomic E-state index is 11.6. The monoisotopic (exact) mass is 538 g/mol. The number of carbonyl (C=O) groups excluding carboxylic acids is 1. The zero-order valence-corrected chi connectivity index (χ0v) is 25.3. The van der Waals surface area contributed by atoms with Crippen LogP contribution in [0, 0.1) is 46.3 Å². The molecule has 2 aromatic rings. The number of benzene rings is 2. The van der Waals surface area contributed by atoms with Crippen LogP contribution in [0.4, 0.5) is 0 Å². The molecule has 0 bridgehead atoms. The van der Waals surface area contributed by atoms with Gasteiger partial charge < -0.3 is 4.74 Å². The standard InChI is InChI=1S/C38H50O2/c1-26(15-17-32(28-11-7-5-8-12-28)29-13-9-6-10-14-29)34-19-20-35-33-18-16-30-25-31(40-27(2)39)21-23-37(30,3)36(33)22-24-38(34,35)4/h5-14,17,26,30-31,33-36H,15-16,18-25H2,1-4H3/t26-,30+,31+,33-,34+,35-,36-,37-,38+/m0/s1. The molecular weight excluding hydrogens is 488 g/mol. The van der Waals surface area contributed by atoms with Gasteiger partial charge in [-0.1, -0.05) is 87.5 Å². The molecular formula is C38H50O2. The first-order chi connectivity index (χ1) is 19.3. The molecule has 214 valence electrons. The molecule has 0 saturated heterocycles. The zero-order chi connectivity index (χ0) is 27.9. The molecule has 0 radical (unpaired) electrons. The Morgan fingerprint density at radius 2 is 1.48 bits per heavy atom. The summed E-state index contributed by atoms with van der Waals surface area (Å²) in [7, 11) is 0. The van der Waals surface area contributed by atoms with Crippen molar-refractivity contribution in [3.63, 3.8) is 0 Å². The highest BCUT2D eigenvalue weighted by molar-refractivity contribution is 5.79. The minimum atomic E-state index is -0.101. The Labute approximate surface area is 243 Å². The summed E-state index contributed by atoms with van der Waals surface area (Å²) >= 11 is 0. The number of rotatable bonds is 6. The molecule has 4 aliphatic carbocycles. The van der Waals surface area contributed by atoms with Gasteiger partial charge in [0, 0.05) is 6.92 Å². The van der Waals surface area contributed by atoms with Crippen LogP contribution >= 0.6 is 0 Å². The number of hydrogen-bond acceptors (Lipinski definition) is 2. The van der Waals surface area contributed by atoms with E-state index < -0.39 is 0 Å². The molecule has 0 heterocycles. The lowest BCUT2D eigenvalue weighted by molar-refractivity contribution is -0.160. The topological polar surface area (TPSA) is 26.3 Å². The van der Waals surface area contributed by atoms with Gasteiger partial charge in [0.2, 0.25) is 0 Å². The third-order valence-corrected chi connectivity index (χ3v) is 12.6. The molecule has 0 aliphatic heterocycles. The van der Waals surface area contributed by atoms with Crippen molar-refractivity contribution in [1.29, 1.82) is 0 Å². The first kappa shape index (κ1) is 27.8. The number of hydrogen-bond donors (Lipinski definition) is 0. The minimum Gasteiger partial charge on any atom is -0.463 e. The van der Waals surface area contributed by atoms with Gasteiger partial charge in [-0.05, 0) is 127 Å². The van der Waals surface area contributed by atoms with E-state index >= 15 is 0 Å².